The summed E-state index contributed by atoms with van der Waals surface area (Å²) < 4.78 is 5.71. The number of nitrogens with zero attached hydrogens (tertiary/aromatic N) is 1. The van der Waals surface area contributed by atoms with Gasteiger partial charge in [-0.05, 0) is 5.92 Å². The first kappa shape index (κ1) is 17.6. The second kappa shape index (κ2) is 7.89. The van der Waals surface area contributed by atoms with E-state index in [4.69, 9.17) is 9.84 Å². The van der Waals surface area contributed by atoms with Gasteiger partial charge < -0.3 is 19.1 Å². The topological polar surface area (TPSA) is 80.7 Å². The number of ether oxygens (including phenoxy) is 1. The molecule has 110 valence electrons. The fraction of sp³-hybridized carbons (Fsp3) is 0.769. The van der Waals surface area contributed by atoms with Crippen LogP contribution in [0.4, 0.5) is 0 Å². The Morgan fingerprint density at radius 2 is 1.84 bits per heavy atom. The third-order valence-corrected chi connectivity index (χ3v) is 2.47. The van der Waals surface area contributed by atoms with Crippen LogP contribution in [0.15, 0.2) is 0 Å². The number of carboxylic acid groups (broad SMARTS) is 1. The van der Waals surface area contributed by atoms with Crippen molar-refractivity contribution >= 4 is 18.2 Å². The monoisotopic (exact) mass is 274 g/mol. The number of hydrogen-bond acceptors (Lipinski definition) is 4. The lowest BCUT2D eigenvalue weighted by Crippen LogP contribution is -2.43. The summed E-state index contributed by atoms with van der Waals surface area (Å²) in [6.07, 6.45) is 0.343. The first-order valence-corrected chi connectivity index (χ1v) is 6.29. The summed E-state index contributed by atoms with van der Waals surface area (Å²) in [5.74, 6) is -1.53. The molecule has 1 N–H and O–H groups in total. The van der Waals surface area contributed by atoms with Gasteiger partial charge >= 0.3 is 11.9 Å². The van der Waals surface area contributed by atoms with Crippen LogP contribution in [0, 0.1) is 5.92 Å². The summed E-state index contributed by atoms with van der Waals surface area (Å²) >= 11 is 0. The maximum Gasteiger partial charge on any atom is 0.307 e. The Kier molecular flexibility index (Phi) is 7.29. The molecule has 0 amide bonds. The first-order chi connectivity index (χ1) is 8.64. The van der Waals surface area contributed by atoms with E-state index in [1.54, 1.807) is 6.92 Å². The molecular formula is C13H24NO5+. The molecular weight excluding hydrogens is 250 g/mol. The Labute approximate surface area is 113 Å². The van der Waals surface area contributed by atoms with E-state index < -0.39 is 18.0 Å². The zero-order valence-electron chi connectivity index (χ0n) is 12.1. The molecule has 0 heterocycles. The molecule has 0 spiro atoms. The minimum absolute atomic E-state index is 0.0837. The molecule has 0 aliphatic rings. The normalized spacial score (nSPS) is 14.5. The average molecular weight is 274 g/mol. The lowest BCUT2D eigenvalue weighted by atomic mass is 10.1. The third kappa shape index (κ3) is 10.2. The lowest BCUT2D eigenvalue weighted by molar-refractivity contribution is -0.873. The van der Waals surface area contributed by atoms with Gasteiger partial charge in [-0.25, -0.2) is 0 Å². The average Bonchev–Trinajstić information content (AvgIpc) is 2.12. The zero-order chi connectivity index (χ0) is 15.1. The molecule has 6 heteroatoms. The molecule has 0 saturated heterocycles. The van der Waals surface area contributed by atoms with Crippen LogP contribution in [0.3, 0.4) is 0 Å². The third-order valence-electron chi connectivity index (χ3n) is 2.47. The van der Waals surface area contributed by atoms with E-state index in [0.717, 1.165) is 6.29 Å². The Balaban J connectivity index is 4.42. The molecule has 0 aliphatic heterocycles. The van der Waals surface area contributed by atoms with Crippen molar-refractivity contribution in [3.8, 4) is 0 Å². The zero-order valence-corrected chi connectivity index (χ0v) is 12.1. The summed E-state index contributed by atoms with van der Waals surface area (Å²) in [7, 11) is 5.70. The number of aliphatic carboxylic acids is 1. The van der Waals surface area contributed by atoms with Crippen LogP contribution in [0.1, 0.15) is 26.2 Å². The van der Waals surface area contributed by atoms with Crippen molar-refractivity contribution in [2.75, 3.05) is 27.7 Å². The highest BCUT2D eigenvalue weighted by Crippen LogP contribution is 2.11. The first-order valence-electron chi connectivity index (χ1n) is 6.29. The number of esters is 1. The standard InChI is InChI=1S/C13H23NO5/c1-10(5-6-15)7-13(18)19-11(8-12(16)17)9-14(2,3)4/h6,10-11H,5,7-9H2,1-4H3/p+1. The van der Waals surface area contributed by atoms with Crippen molar-refractivity contribution < 1.29 is 28.7 Å². The number of rotatable bonds is 9. The molecule has 0 fully saturated rings. The molecule has 0 rings (SSSR count). The number of carbonyl (C=O) groups is 3. The smallest absolute Gasteiger partial charge is 0.307 e. The van der Waals surface area contributed by atoms with Gasteiger partial charge in [0.25, 0.3) is 0 Å². The maximum absolute atomic E-state index is 11.7. The summed E-state index contributed by atoms with van der Waals surface area (Å²) in [6.45, 7) is 2.21. The highest BCUT2D eigenvalue weighted by molar-refractivity contribution is 5.72. The second-order valence-corrected chi connectivity index (χ2v) is 5.89. The molecule has 2 atom stereocenters. The maximum atomic E-state index is 11.7. The summed E-state index contributed by atoms with van der Waals surface area (Å²) in [4.78, 5) is 32.7. The number of aldehydes is 1. The summed E-state index contributed by atoms with van der Waals surface area (Å²) in [5, 5.41) is 8.82. The molecule has 6 nitrogen and oxygen atoms in total. The molecule has 0 aromatic heterocycles. The Morgan fingerprint density at radius 3 is 2.26 bits per heavy atom. The number of carboxylic acids is 1. The molecule has 19 heavy (non-hydrogen) atoms. The van der Waals surface area contributed by atoms with Gasteiger partial charge in [-0.1, -0.05) is 6.92 Å². The van der Waals surface area contributed by atoms with Crippen LogP contribution in [0.25, 0.3) is 0 Å². The van der Waals surface area contributed by atoms with E-state index in [-0.39, 0.29) is 18.8 Å². The Morgan fingerprint density at radius 1 is 1.26 bits per heavy atom. The van der Waals surface area contributed by atoms with Crippen molar-refractivity contribution in [2.45, 2.75) is 32.3 Å². The van der Waals surface area contributed by atoms with Gasteiger partial charge in [-0.3, -0.25) is 9.59 Å². The predicted octanol–water partition coefficient (Wildman–Crippen LogP) is 0.694. The fourth-order valence-electron chi connectivity index (χ4n) is 1.72. The van der Waals surface area contributed by atoms with Crippen LogP contribution >= 0.6 is 0 Å². The number of carbonyl (C=O) groups excluding carboxylic acids is 2. The lowest BCUT2D eigenvalue weighted by Gasteiger charge is -2.28. The van der Waals surface area contributed by atoms with Gasteiger partial charge in [0.2, 0.25) is 0 Å². The van der Waals surface area contributed by atoms with Gasteiger partial charge in [0.1, 0.15) is 12.8 Å². The van der Waals surface area contributed by atoms with E-state index in [0.29, 0.717) is 17.4 Å². The highest BCUT2D eigenvalue weighted by Gasteiger charge is 2.25. The van der Waals surface area contributed by atoms with Gasteiger partial charge in [-0.2, -0.15) is 0 Å². The van der Waals surface area contributed by atoms with Crippen LogP contribution in [0.2, 0.25) is 0 Å². The largest absolute Gasteiger partial charge is 0.481 e. The van der Waals surface area contributed by atoms with Crippen molar-refractivity contribution in [1.29, 1.82) is 0 Å². The van der Waals surface area contributed by atoms with E-state index in [1.165, 1.54) is 0 Å². The van der Waals surface area contributed by atoms with Crippen molar-refractivity contribution in [3.05, 3.63) is 0 Å². The number of quaternary nitrogens is 1. The van der Waals surface area contributed by atoms with Gasteiger partial charge in [0, 0.05) is 12.8 Å². The van der Waals surface area contributed by atoms with Gasteiger partial charge in [-0.15, -0.1) is 0 Å². The van der Waals surface area contributed by atoms with Gasteiger partial charge in [0.05, 0.1) is 27.6 Å². The van der Waals surface area contributed by atoms with Crippen LogP contribution in [-0.2, 0) is 19.1 Å². The van der Waals surface area contributed by atoms with Crippen molar-refractivity contribution in [3.63, 3.8) is 0 Å². The van der Waals surface area contributed by atoms with Crippen LogP contribution in [0.5, 0.6) is 0 Å². The van der Waals surface area contributed by atoms with Gasteiger partial charge in [0.15, 0.2) is 6.10 Å². The Hall–Kier alpha value is -1.43. The number of hydrogen-bond donors (Lipinski definition) is 1. The van der Waals surface area contributed by atoms with E-state index in [9.17, 15) is 14.4 Å². The predicted molar refractivity (Wildman–Crippen MR) is 69.5 cm³/mol. The molecule has 0 radical (unpaired) electrons. The second-order valence-electron chi connectivity index (χ2n) is 5.89. The quantitative estimate of drug-likeness (QED) is 0.380. The molecule has 0 aliphatic carbocycles. The molecule has 0 bridgehead atoms. The van der Waals surface area contributed by atoms with Crippen LogP contribution < -0.4 is 0 Å². The summed E-state index contributed by atoms with van der Waals surface area (Å²) in [6, 6.07) is 0. The van der Waals surface area contributed by atoms with Crippen molar-refractivity contribution in [1.82, 2.24) is 0 Å². The summed E-state index contributed by atoms with van der Waals surface area (Å²) in [5.41, 5.74) is 0. The van der Waals surface area contributed by atoms with E-state index in [1.807, 2.05) is 21.1 Å². The number of likely N-dealkylation sites (N-methyl/N-ethyl adjacent to an activating group) is 1. The fourth-order valence-corrected chi connectivity index (χ4v) is 1.72. The minimum Gasteiger partial charge on any atom is -0.481 e. The minimum atomic E-state index is -0.993. The molecule has 0 aromatic carbocycles. The molecule has 0 aromatic rings. The van der Waals surface area contributed by atoms with E-state index in [2.05, 4.69) is 0 Å². The molecule has 2 unspecified atom stereocenters. The van der Waals surface area contributed by atoms with Crippen molar-refractivity contribution in [2.24, 2.45) is 5.92 Å². The van der Waals surface area contributed by atoms with E-state index >= 15 is 0 Å². The molecule has 0 saturated carbocycles. The SMILES string of the molecule is CC(CC=O)CC(=O)OC(CC(=O)O)C[N+](C)(C)C. The highest BCUT2D eigenvalue weighted by atomic mass is 16.5. The Bertz CT molecular complexity index is 321. The van der Waals surface area contributed by atoms with Crippen LogP contribution in [-0.4, -0.2) is 61.6 Å².